The molecule has 0 aromatic heterocycles. The Bertz CT molecular complexity index is 1360. The molecule has 3 nitrogen and oxygen atoms in total. The first-order valence-electron chi connectivity index (χ1n) is 10.3. The van der Waals surface area contributed by atoms with Crippen LogP contribution in [-0.2, 0) is 15.8 Å². The van der Waals surface area contributed by atoms with E-state index in [9.17, 15) is 8.42 Å². The predicted octanol–water partition coefficient (Wildman–Crippen LogP) is 6.68. The molecule has 0 unspecified atom stereocenters. The zero-order valence-corrected chi connectivity index (χ0v) is 18.9. The second-order valence-corrected chi connectivity index (χ2v) is 10.2. The molecule has 0 aliphatic carbocycles. The molecule has 0 radical (unpaired) electrons. The highest BCUT2D eigenvalue weighted by Gasteiger charge is 2.18. The molecule has 0 atom stereocenters. The van der Waals surface area contributed by atoms with Crippen LogP contribution in [0.3, 0.4) is 0 Å². The number of thioether (sulfide) groups is 1. The van der Waals surface area contributed by atoms with Crippen molar-refractivity contribution in [2.45, 2.75) is 15.5 Å². The maximum absolute atomic E-state index is 12.7. The Morgan fingerprint density at radius 1 is 0.750 bits per heavy atom. The van der Waals surface area contributed by atoms with Crippen molar-refractivity contribution >= 4 is 39.1 Å². The zero-order valence-electron chi connectivity index (χ0n) is 17.2. The van der Waals surface area contributed by atoms with Crippen molar-refractivity contribution in [3.63, 3.8) is 0 Å². The summed E-state index contributed by atoms with van der Waals surface area (Å²) in [5.74, 6) is 0.918. The summed E-state index contributed by atoms with van der Waals surface area (Å²) in [6, 6.07) is 32.8. The second kappa shape index (κ2) is 8.69. The lowest BCUT2D eigenvalue weighted by molar-refractivity contribution is 0.601. The lowest BCUT2D eigenvalue weighted by atomic mass is 9.92. The Morgan fingerprint density at radius 2 is 1.47 bits per heavy atom. The third-order valence-electron chi connectivity index (χ3n) is 5.37. The number of nitrogens with one attached hydrogen (secondary N) is 1. The SMILES string of the molecule is O=S(=O)(Nc1cccc(C=C2c3ccccc3CSc3ccccc32)c1)c1ccccc1. The van der Waals surface area contributed by atoms with E-state index in [1.165, 1.54) is 21.6 Å². The maximum atomic E-state index is 12.7. The molecule has 32 heavy (non-hydrogen) atoms. The molecule has 1 aliphatic rings. The van der Waals surface area contributed by atoms with Gasteiger partial charge in [0.15, 0.2) is 0 Å². The minimum absolute atomic E-state index is 0.243. The van der Waals surface area contributed by atoms with Crippen LogP contribution in [0.5, 0.6) is 0 Å². The first-order chi connectivity index (χ1) is 15.6. The van der Waals surface area contributed by atoms with Gasteiger partial charge in [-0.2, -0.15) is 0 Å². The van der Waals surface area contributed by atoms with Crippen molar-refractivity contribution < 1.29 is 8.42 Å². The third-order valence-corrected chi connectivity index (χ3v) is 7.89. The number of fused-ring (bicyclic) bond motifs is 2. The molecular weight excluding hydrogens is 434 g/mol. The van der Waals surface area contributed by atoms with Gasteiger partial charge < -0.3 is 0 Å². The fourth-order valence-electron chi connectivity index (χ4n) is 3.85. The van der Waals surface area contributed by atoms with Gasteiger partial charge in [0.1, 0.15) is 0 Å². The normalized spacial score (nSPS) is 14.3. The Labute approximate surface area is 192 Å². The highest BCUT2D eigenvalue weighted by molar-refractivity contribution is 7.98. The largest absolute Gasteiger partial charge is 0.280 e. The van der Waals surface area contributed by atoms with Crippen molar-refractivity contribution in [2.24, 2.45) is 0 Å². The van der Waals surface area contributed by atoms with Crippen LogP contribution in [0.1, 0.15) is 22.3 Å². The number of sulfonamides is 1. The smallest absolute Gasteiger partial charge is 0.261 e. The molecule has 4 aromatic rings. The van der Waals surface area contributed by atoms with Crippen LogP contribution in [0.15, 0.2) is 113 Å². The Hall–Kier alpha value is -3.28. The summed E-state index contributed by atoms with van der Waals surface area (Å²) in [6.45, 7) is 0. The fourth-order valence-corrected chi connectivity index (χ4v) is 5.99. The van der Waals surface area contributed by atoms with Gasteiger partial charge in [-0.25, -0.2) is 8.42 Å². The van der Waals surface area contributed by atoms with Crippen LogP contribution < -0.4 is 4.72 Å². The third kappa shape index (κ3) is 4.22. The van der Waals surface area contributed by atoms with Crippen molar-refractivity contribution in [3.05, 3.63) is 125 Å². The average molecular weight is 456 g/mol. The first kappa shape index (κ1) is 20.6. The van der Waals surface area contributed by atoms with E-state index in [1.807, 2.05) is 30.0 Å². The van der Waals surface area contributed by atoms with E-state index in [0.717, 1.165) is 16.9 Å². The Kier molecular flexibility index (Phi) is 5.60. The summed E-state index contributed by atoms with van der Waals surface area (Å²) < 4.78 is 28.2. The minimum Gasteiger partial charge on any atom is -0.280 e. The molecule has 5 rings (SSSR count). The van der Waals surface area contributed by atoms with Gasteiger partial charge in [0.2, 0.25) is 0 Å². The summed E-state index contributed by atoms with van der Waals surface area (Å²) in [5, 5.41) is 0. The second-order valence-electron chi connectivity index (χ2n) is 7.54. The number of rotatable bonds is 4. The van der Waals surface area contributed by atoms with Gasteiger partial charge >= 0.3 is 0 Å². The molecule has 0 bridgehead atoms. The van der Waals surface area contributed by atoms with E-state index >= 15 is 0 Å². The standard InChI is InChI=1S/C27H21NO2S2/c29-32(30,23-12-2-1-3-13-23)28-22-11-8-9-20(17-22)18-26-24-14-5-4-10-21(24)19-31-27-16-7-6-15-25(26)27/h1-18,28H,19H2. The van der Waals surface area contributed by atoms with Crippen LogP contribution in [-0.4, -0.2) is 8.42 Å². The van der Waals surface area contributed by atoms with E-state index < -0.39 is 10.0 Å². The van der Waals surface area contributed by atoms with E-state index in [2.05, 4.69) is 59.3 Å². The molecular formula is C27H21NO2S2. The van der Waals surface area contributed by atoms with Crippen molar-refractivity contribution in [1.29, 1.82) is 0 Å². The van der Waals surface area contributed by atoms with Gasteiger partial charge in [-0.1, -0.05) is 72.8 Å². The number of anilines is 1. The van der Waals surface area contributed by atoms with E-state index in [4.69, 9.17) is 0 Å². The van der Waals surface area contributed by atoms with Gasteiger partial charge in [-0.05, 0) is 64.2 Å². The molecule has 1 aliphatic heterocycles. The Morgan fingerprint density at radius 3 is 2.31 bits per heavy atom. The predicted molar refractivity (Wildman–Crippen MR) is 133 cm³/mol. The topological polar surface area (TPSA) is 46.2 Å². The molecule has 4 aromatic carbocycles. The van der Waals surface area contributed by atoms with Crippen LogP contribution in [0.4, 0.5) is 5.69 Å². The lowest BCUT2D eigenvalue weighted by Gasteiger charge is -2.12. The Balaban J connectivity index is 1.57. The fraction of sp³-hybridized carbons (Fsp3) is 0.0370. The van der Waals surface area contributed by atoms with Crippen molar-refractivity contribution in [2.75, 3.05) is 4.72 Å². The van der Waals surface area contributed by atoms with E-state index in [1.54, 1.807) is 36.4 Å². The van der Waals surface area contributed by atoms with Crippen molar-refractivity contribution in [3.8, 4) is 0 Å². The maximum Gasteiger partial charge on any atom is 0.261 e. The van der Waals surface area contributed by atoms with Gasteiger partial charge in [-0.15, -0.1) is 11.8 Å². The number of hydrogen-bond donors (Lipinski definition) is 1. The monoisotopic (exact) mass is 455 g/mol. The quantitative estimate of drug-likeness (QED) is 0.373. The molecule has 1 N–H and O–H groups in total. The zero-order chi connectivity index (χ0) is 22.0. The van der Waals surface area contributed by atoms with Crippen LogP contribution in [0.2, 0.25) is 0 Å². The summed E-state index contributed by atoms with van der Waals surface area (Å²) in [6.07, 6.45) is 2.14. The summed E-state index contributed by atoms with van der Waals surface area (Å²) >= 11 is 1.84. The van der Waals surface area contributed by atoms with Crippen LogP contribution in [0, 0.1) is 0 Å². The van der Waals surface area contributed by atoms with Gasteiger partial charge in [0, 0.05) is 16.3 Å². The molecule has 0 amide bonds. The average Bonchev–Trinajstić information content (AvgIpc) is 2.97. The molecule has 0 saturated heterocycles. The van der Waals surface area contributed by atoms with E-state index in [-0.39, 0.29) is 4.90 Å². The summed E-state index contributed by atoms with van der Waals surface area (Å²) in [4.78, 5) is 1.49. The number of hydrogen-bond acceptors (Lipinski definition) is 3. The molecule has 158 valence electrons. The molecule has 1 heterocycles. The van der Waals surface area contributed by atoms with Crippen molar-refractivity contribution in [1.82, 2.24) is 0 Å². The highest BCUT2D eigenvalue weighted by Crippen LogP contribution is 2.40. The van der Waals surface area contributed by atoms with E-state index in [0.29, 0.717) is 5.69 Å². The molecule has 0 spiro atoms. The number of benzene rings is 4. The molecule has 5 heteroatoms. The molecule has 0 fully saturated rings. The van der Waals surface area contributed by atoms with Gasteiger partial charge in [0.25, 0.3) is 10.0 Å². The minimum atomic E-state index is -3.64. The highest BCUT2D eigenvalue weighted by atomic mass is 32.2. The summed E-state index contributed by atoms with van der Waals surface area (Å²) in [5.41, 5.74) is 6.31. The van der Waals surface area contributed by atoms with Crippen LogP contribution >= 0.6 is 11.8 Å². The first-order valence-corrected chi connectivity index (χ1v) is 12.8. The van der Waals surface area contributed by atoms with Gasteiger partial charge in [0.05, 0.1) is 4.90 Å². The summed E-state index contributed by atoms with van der Waals surface area (Å²) in [7, 11) is -3.64. The van der Waals surface area contributed by atoms with Crippen LogP contribution in [0.25, 0.3) is 11.6 Å². The lowest BCUT2D eigenvalue weighted by Crippen LogP contribution is -2.12. The molecule has 0 saturated carbocycles. The van der Waals surface area contributed by atoms with Gasteiger partial charge in [-0.3, -0.25) is 4.72 Å².